The van der Waals surface area contributed by atoms with Crippen molar-refractivity contribution in [3.63, 3.8) is 0 Å². The quantitative estimate of drug-likeness (QED) is 0.477. The molecule has 0 fully saturated rings. The van der Waals surface area contributed by atoms with Crippen molar-refractivity contribution in [2.24, 2.45) is 0 Å². The molecule has 0 radical (unpaired) electrons. The van der Waals surface area contributed by atoms with Crippen LogP contribution in [0.25, 0.3) is 0 Å². The molecule has 2 aliphatic heterocycles. The molecule has 0 bridgehead atoms. The fourth-order valence-electron chi connectivity index (χ4n) is 5.37. The van der Waals surface area contributed by atoms with Crippen molar-refractivity contribution >= 4 is 17.8 Å². The standard InChI is InChI=1S/C30H32N4O4/c1-4-33-25-18-34(29(36)26(25)27(32-30(33)37)23-13-12-19(2)15-20(23)3)24(16-21-9-6-5-7-10-21)28(35)31-17-22-11-8-14-38-22/h5-15,24,27H,4,16-18H2,1-3H3,(H,31,35)(H,32,37)/t24-,27-/m0/s1. The van der Waals surface area contributed by atoms with Crippen molar-refractivity contribution in [3.05, 3.63) is 106 Å². The van der Waals surface area contributed by atoms with Gasteiger partial charge in [-0.3, -0.25) is 14.5 Å². The average molecular weight is 513 g/mol. The molecule has 2 aromatic carbocycles. The number of nitrogens with one attached hydrogen (secondary N) is 2. The highest BCUT2D eigenvalue weighted by atomic mass is 16.3. The van der Waals surface area contributed by atoms with Crippen molar-refractivity contribution in [1.29, 1.82) is 0 Å². The molecule has 2 aliphatic rings. The largest absolute Gasteiger partial charge is 0.467 e. The van der Waals surface area contributed by atoms with Crippen LogP contribution in [0.2, 0.25) is 0 Å². The summed E-state index contributed by atoms with van der Waals surface area (Å²) in [6.07, 6.45) is 1.90. The average Bonchev–Trinajstić information content (AvgIpc) is 3.54. The highest BCUT2D eigenvalue weighted by molar-refractivity contribution is 6.03. The van der Waals surface area contributed by atoms with Crippen LogP contribution < -0.4 is 10.6 Å². The van der Waals surface area contributed by atoms with E-state index in [-0.39, 0.29) is 30.9 Å². The van der Waals surface area contributed by atoms with Crippen LogP contribution in [0, 0.1) is 13.8 Å². The molecule has 8 heteroatoms. The number of furan rings is 1. The van der Waals surface area contributed by atoms with Gasteiger partial charge in [0.25, 0.3) is 5.91 Å². The van der Waals surface area contributed by atoms with E-state index >= 15 is 0 Å². The monoisotopic (exact) mass is 512 g/mol. The van der Waals surface area contributed by atoms with Gasteiger partial charge < -0.3 is 20.0 Å². The molecular formula is C30H32N4O4. The van der Waals surface area contributed by atoms with Crippen LogP contribution in [0.4, 0.5) is 4.79 Å². The number of rotatable bonds is 8. The van der Waals surface area contributed by atoms with Crippen molar-refractivity contribution in [1.82, 2.24) is 20.4 Å². The molecule has 2 atom stereocenters. The van der Waals surface area contributed by atoms with Crippen LogP contribution in [-0.2, 0) is 22.6 Å². The summed E-state index contributed by atoms with van der Waals surface area (Å²) in [5.74, 6) is 0.116. The molecule has 0 unspecified atom stereocenters. The molecule has 0 saturated carbocycles. The van der Waals surface area contributed by atoms with Crippen LogP contribution in [0.15, 0.2) is 82.6 Å². The molecule has 4 amide bonds. The van der Waals surface area contributed by atoms with Gasteiger partial charge in [-0.25, -0.2) is 4.79 Å². The van der Waals surface area contributed by atoms with Crippen LogP contribution in [0.3, 0.4) is 0 Å². The summed E-state index contributed by atoms with van der Waals surface area (Å²) in [5, 5.41) is 5.98. The zero-order valence-electron chi connectivity index (χ0n) is 21.9. The molecule has 0 saturated heterocycles. The minimum absolute atomic E-state index is 0.183. The Morgan fingerprint density at radius 2 is 1.89 bits per heavy atom. The number of nitrogens with zero attached hydrogens (tertiary/aromatic N) is 2. The van der Waals surface area contributed by atoms with Crippen molar-refractivity contribution in [2.45, 2.75) is 45.8 Å². The smallest absolute Gasteiger partial charge is 0.322 e. The van der Waals surface area contributed by atoms with Gasteiger partial charge in [0.1, 0.15) is 11.8 Å². The Bertz CT molecular complexity index is 1380. The minimum Gasteiger partial charge on any atom is -0.467 e. The van der Waals surface area contributed by atoms with Gasteiger partial charge in [0, 0.05) is 13.0 Å². The summed E-state index contributed by atoms with van der Waals surface area (Å²) in [7, 11) is 0. The van der Waals surface area contributed by atoms with Gasteiger partial charge in [-0.1, -0.05) is 54.1 Å². The van der Waals surface area contributed by atoms with Crippen LogP contribution in [-0.4, -0.2) is 46.8 Å². The Balaban J connectivity index is 1.49. The number of carbonyl (C=O) groups is 3. The van der Waals surface area contributed by atoms with E-state index in [2.05, 4.69) is 10.6 Å². The Labute approximate surface area is 222 Å². The Kier molecular flexibility index (Phi) is 7.05. The minimum atomic E-state index is -0.765. The van der Waals surface area contributed by atoms with E-state index < -0.39 is 12.1 Å². The number of hydrogen-bond donors (Lipinski definition) is 2. The first-order chi connectivity index (χ1) is 18.4. The lowest BCUT2D eigenvalue weighted by molar-refractivity contribution is -0.136. The zero-order valence-corrected chi connectivity index (χ0v) is 21.9. The Morgan fingerprint density at radius 1 is 1.11 bits per heavy atom. The van der Waals surface area contributed by atoms with Gasteiger partial charge in [0.05, 0.1) is 36.7 Å². The zero-order chi connectivity index (χ0) is 26.8. The molecule has 3 heterocycles. The molecule has 0 aliphatic carbocycles. The SMILES string of the molecule is CCN1C(=O)N[C@@H](c2ccc(C)cc2C)C2=C1CN([C@@H](Cc1ccccc1)C(=O)NCc1ccco1)C2=O. The van der Waals surface area contributed by atoms with Gasteiger partial charge in [0.2, 0.25) is 5.91 Å². The van der Waals surface area contributed by atoms with Gasteiger partial charge in [-0.05, 0) is 49.6 Å². The van der Waals surface area contributed by atoms with E-state index in [9.17, 15) is 14.4 Å². The topological polar surface area (TPSA) is 94.9 Å². The first-order valence-corrected chi connectivity index (χ1v) is 12.9. The molecule has 2 N–H and O–H groups in total. The summed E-state index contributed by atoms with van der Waals surface area (Å²) >= 11 is 0. The maximum Gasteiger partial charge on any atom is 0.322 e. The summed E-state index contributed by atoms with van der Waals surface area (Å²) in [4.78, 5) is 44.1. The molecule has 8 nitrogen and oxygen atoms in total. The molecular weight excluding hydrogens is 480 g/mol. The van der Waals surface area contributed by atoms with E-state index in [1.807, 2.05) is 69.3 Å². The number of carbonyl (C=O) groups excluding carboxylic acids is 3. The van der Waals surface area contributed by atoms with E-state index in [0.29, 0.717) is 30.0 Å². The van der Waals surface area contributed by atoms with Gasteiger partial charge in [0.15, 0.2) is 0 Å². The molecule has 5 rings (SSSR count). The van der Waals surface area contributed by atoms with Crippen molar-refractivity contribution in [3.8, 4) is 0 Å². The van der Waals surface area contributed by atoms with Gasteiger partial charge in [-0.15, -0.1) is 0 Å². The number of amides is 4. The number of benzene rings is 2. The van der Waals surface area contributed by atoms with E-state index in [1.54, 1.807) is 28.2 Å². The lowest BCUT2D eigenvalue weighted by Gasteiger charge is -2.33. The Hall–Kier alpha value is -4.33. The molecule has 0 spiro atoms. The second-order valence-electron chi connectivity index (χ2n) is 9.78. The molecule has 1 aromatic heterocycles. The third kappa shape index (κ3) is 4.81. The van der Waals surface area contributed by atoms with Gasteiger partial charge in [-0.2, -0.15) is 0 Å². The number of hydrogen-bond acceptors (Lipinski definition) is 4. The summed E-state index contributed by atoms with van der Waals surface area (Å²) in [5.41, 5.74) is 5.10. The summed E-state index contributed by atoms with van der Waals surface area (Å²) in [6.45, 7) is 6.70. The molecule has 38 heavy (non-hydrogen) atoms. The van der Waals surface area contributed by atoms with E-state index in [4.69, 9.17) is 4.42 Å². The van der Waals surface area contributed by atoms with Gasteiger partial charge >= 0.3 is 6.03 Å². The van der Waals surface area contributed by atoms with Crippen molar-refractivity contribution < 1.29 is 18.8 Å². The third-order valence-electron chi connectivity index (χ3n) is 7.27. The number of aryl methyl sites for hydroxylation is 2. The maximum absolute atomic E-state index is 14.1. The highest BCUT2D eigenvalue weighted by Crippen LogP contribution is 2.38. The predicted molar refractivity (Wildman–Crippen MR) is 143 cm³/mol. The fourth-order valence-corrected chi connectivity index (χ4v) is 5.37. The maximum atomic E-state index is 14.1. The van der Waals surface area contributed by atoms with Crippen LogP contribution in [0.1, 0.15) is 41.0 Å². The first-order valence-electron chi connectivity index (χ1n) is 12.9. The molecule has 3 aromatic rings. The normalized spacial score (nSPS) is 17.9. The lowest BCUT2D eigenvalue weighted by atomic mass is 9.91. The fraction of sp³-hybridized carbons (Fsp3) is 0.300. The first kappa shape index (κ1) is 25.3. The van der Waals surface area contributed by atoms with E-state index in [1.165, 1.54) is 0 Å². The van der Waals surface area contributed by atoms with Crippen LogP contribution in [0.5, 0.6) is 0 Å². The predicted octanol–water partition coefficient (Wildman–Crippen LogP) is 4.01. The second kappa shape index (κ2) is 10.6. The highest BCUT2D eigenvalue weighted by Gasteiger charge is 2.47. The lowest BCUT2D eigenvalue weighted by Crippen LogP contribution is -2.49. The Morgan fingerprint density at radius 3 is 2.58 bits per heavy atom. The number of likely N-dealkylation sites (N-methyl/N-ethyl adjacent to an activating group) is 1. The number of urea groups is 1. The van der Waals surface area contributed by atoms with Crippen LogP contribution >= 0.6 is 0 Å². The van der Waals surface area contributed by atoms with Crippen molar-refractivity contribution in [2.75, 3.05) is 13.1 Å². The van der Waals surface area contributed by atoms with E-state index in [0.717, 1.165) is 22.3 Å². The summed E-state index contributed by atoms with van der Waals surface area (Å²) in [6, 6.07) is 17.6. The third-order valence-corrected chi connectivity index (χ3v) is 7.27. The summed E-state index contributed by atoms with van der Waals surface area (Å²) < 4.78 is 5.37. The second-order valence-corrected chi connectivity index (χ2v) is 9.78. The molecule has 196 valence electrons.